The predicted octanol–water partition coefficient (Wildman–Crippen LogP) is 4.11. The van der Waals surface area contributed by atoms with Crippen molar-refractivity contribution in [1.29, 1.82) is 0 Å². The zero-order valence-corrected chi connectivity index (χ0v) is 15.2. The van der Waals surface area contributed by atoms with Crippen molar-refractivity contribution >= 4 is 35.0 Å². The number of hydrogen-bond acceptors (Lipinski definition) is 4. The maximum atomic E-state index is 13.4. The van der Waals surface area contributed by atoms with E-state index in [4.69, 9.17) is 0 Å². The highest BCUT2D eigenvalue weighted by Crippen LogP contribution is 2.39. The van der Waals surface area contributed by atoms with Crippen molar-refractivity contribution in [3.8, 4) is 0 Å². The molecule has 1 aliphatic heterocycles. The van der Waals surface area contributed by atoms with Gasteiger partial charge in [0, 0.05) is 22.8 Å². The number of rotatable bonds is 3. The smallest absolute Gasteiger partial charge is 0.261 e. The number of anilines is 2. The summed E-state index contributed by atoms with van der Waals surface area (Å²) in [4.78, 5) is 32.0. The number of hydrogen-bond donors (Lipinski definition) is 1. The molecular weight excluding hydrogens is 384 g/mol. The molecule has 0 fully saturated rings. The van der Waals surface area contributed by atoms with Crippen molar-refractivity contribution in [2.45, 2.75) is 9.92 Å². The van der Waals surface area contributed by atoms with Gasteiger partial charge in [0.1, 0.15) is 11.6 Å². The summed E-state index contributed by atoms with van der Waals surface area (Å²) in [7, 11) is 0. The van der Waals surface area contributed by atoms with Crippen LogP contribution in [0.5, 0.6) is 0 Å². The van der Waals surface area contributed by atoms with Gasteiger partial charge in [-0.05, 0) is 36.4 Å². The third-order valence-corrected chi connectivity index (χ3v) is 5.20. The maximum absolute atomic E-state index is 13.4. The average Bonchev–Trinajstić information content (AvgIpc) is 2.80. The second kappa shape index (κ2) is 7.40. The molecule has 4 rings (SSSR count). The standard InChI is InChI=1S/C20H13F2N3O2S/c21-14-8-7-12(10-15(14)22)24-18(26)11-25-16-5-1-2-6-17(16)28-19-13(20(25)27)4-3-9-23-19/h1-10H,11H2,(H,24,26). The lowest BCUT2D eigenvalue weighted by Crippen LogP contribution is -2.38. The van der Waals surface area contributed by atoms with Crippen LogP contribution in [0.2, 0.25) is 0 Å². The van der Waals surface area contributed by atoms with Crippen LogP contribution in [0.15, 0.2) is 70.7 Å². The van der Waals surface area contributed by atoms with Crippen molar-refractivity contribution in [2.75, 3.05) is 16.8 Å². The van der Waals surface area contributed by atoms with E-state index in [9.17, 15) is 18.4 Å². The minimum atomic E-state index is -1.06. The number of fused-ring (bicyclic) bond motifs is 2. The van der Waals surface area contributed by atoms with Crippen molar-refractivity contribution in [1.82, 2.24) is 4.98 Å². The Bertz CT molecular complexity index is 1090. The molecule has 1 aromatic heterocycles. The first-order valence-electron chi connectivity index (χ1n) is 8.31. The monoisotopic (exact) mass is 397 g/mol. The first-order valence-corrected chi connectivity index (χ1v) is 9.13. The van der Waals surface area contributed by atoms with Crippen LogP contribution in [0.4, 0.5) is 20.2 Å². The second-order valence-electron chi connectivity index (χ2n) is 5.99. The molecule has 1 aliphatic rings. The quantitative estimate of drug-likeness (QED) is 0.723. The Labute approximate surface area is 163 Å². The summed E-state index contributed by atoms with van der Waals surface area (Å²) < 4.78 is 26.4. The highest BCUT2D eigenvalue weighted by atomic mass is 32.2. The predicted molar refractivity (Wildman–Crippen MR) is 101 cm³/mol. The van der Waals surface area contributed by atoms with Crippen molar-refractivity contribution < 1.29 is 18.4 Å². The number of para-hydroxylation sites is 1. The van der Waals surface area contributed by atoms with E-state index in [2.05, 4.69) is 10.3 Å². The molecule has 0 radical (unpaired) electrons. The molecule has 0 spiro atoms. The Morgan fingerprint density at radius 3 is 2.71 bits per heavy atom. The summed E-state index contributed by atoms with van der Waals surface area (Å²) >= 11 is 1.35. The molecule has 2 aromatic carbocycles. The highest BCUT2D eigenvalue weighted by Gasteiger charge is 2.29. The molecule has 0 saturated carbocycles. The number of aromatic nitrogens is 1. The van der Waals surface area contributed by atoms with Crippen molar-refractivity contribution in [3.05, 3.63) is 78.0 Å². The van der Waals surface area contributed by atoms with E-state index in [-0.39, 0.29) is 18.1 Å². The zero-order chi connectivity index (χ0) is 19.7. The molecule has 0 saturated heterocycles. The maximum Gasteiger partial charge on any atom is 0.261 e. The van der Waals surface area contributed by atoms with Gasteiger partial charge in [-0.25, -0.2) is 13.8 Å². The van der Waals surface area contributed by atoms with Crippen LogP contribution in [0.25, 0.3) is 0 Å². The van der Waals surface area contributed by atoms with Gasteiger partial charge in [0.25, 0.3) is 5.91 Å². The topological polar surface area (TPSA) is 62.3 Å². The van der Waals surface area contributed by atoms with E-state index >= 15 is 0 Å². The summed E-state index contributed by atoms with van der Waals surface area (Å²) in [6.45, 7) is -0.288. The molecule has 140 valence electrons. The van der Waals surface area contributed by atoms with E-state index in [0.717, 1.165) is 17.0 Å². The number of carbonyl (C=O) groups excluding carboxylic acids is 2. The van der Waals surface area contributed by atoms with Gasteiger partial charge >= 0.3 is 0 Å². The number of halogens is 2. The fourth-order valence-corrected chi connectivity index (χ4v) is 3.85. The largest absolute Gasteiger partial charge is 0.324 e. The summed E-state index contributed by atoms with van der Waals surface area (Å²) in [5, 5.41) is 3.05. The number of pyridine rings is 1. The van der Waals surface area contributed by atoms with Gasteiger partial charge in [-0.15, -0.1) is 0 Å². The number of amides is 2. The van der Waals surface area contributed by atoms with Crippen LogP contribution in [-0.2, 0) is 4.79 Å². The van der Waals surface area contributed by atoms with Gasteiger partial charge in [-0.2, -0.15) is 0 Å². The summed E-state index contributed by atoms with van der Waals surface area (Å²) in [6.07, 6.45) is 1.60. The molecule has 0 unspecified atom stereocenters. The van der Waals surface area contributed by atoms with Gasteiger partial charge < -0.3 is 5.32 Å². The molecule has 8 heteroatoms. The summed E-state index contributed by atoms with van der Waals surface area (Å²) in [6, 6.07) is 13.6. The van der Waals surface area contributed by atoms with Crippen molar-refractivity contribution in [3.63, 3.8) is 0 Å². The molecule has 2 heterocycles. The Morgan fingerprint density at radius 1 is 1.07 bits per heavy atom. The van der Waals surface area contributed by atoms with Gasteiger partial charge in [0.2, 0.25) is 5.91 Å². The molecule has 0 atom stereocenters. The van der Waals surface area contributed by atoms with Crippen LogP contribution in [-0.4, -0.2) is 23.3 Å². The molecule has 0 bridgehead atoms. The molecule has 28 heavy (non-hydrogen) atoms. The molecule has 1 N–H and O–H groups in total. The van der Waals surface area contributed by atoms with Crippen LogP contribution in [0.3, 0.4) is 0 Å². The number of nitrogens with zero attached hydrogens (tertiary/aromatic N) is 2. The zero-order valence-electron chi connectivity index (χ0n) is 14.4. The fourth-order valence-electron chi connectivity index (χ4n) is 2.84. The van der Waals surface area contributed by atoms with Crippen LogP contribution < -0.4 is 10.2 Å². The summed E-state index contributed by atoms with van der Waals surface area (Å²) in [5.74, 6) is -2.96. The van der Waals surface area contributed by atoms with Crippen LogP contribution in [0.1, 0.15) is 10.4 Å². The fraction of sp³-hybridized carbons (Fsp3) is 0.0500. The number of nitrogens with one attached hydrogen (secondary N) is 1. The van der Waals surface area contributed by atoms with E-state index in [1.165, 1.54) is 22.7 Å². The summed E-state index contributed by atoms with van der Waals surface area (Å²) in [5.41, 5.74) is 1.08. The second-order valence-corrected chi connectivity index (χ2v) is 7.02. The third-order valence-electron chi connectivity index (χ3n) is 4.11. The van der Waals surface area contributed by atoms with Gasteiger partial charge in [-0.3, -0.25) is 14.5 Å². The average molecular weight is 397 g/mol. The normalized spacial score (nSPS) is 12.8. The Balaban J connectivity index is 1.64. The molecular formula is C20H13F2N3O2S. The van der Waals surface area contributed by atoms with Gasteiger partial charge in [0.15, 0.2) is 11.6 Å². The van der Waals surface area contributed by atoms with E-state index < -0.39 is 17.5 Å². The lowest BCUT2D eigenvalue weighted by atomic mass is 10.2. The van der Waals surface area contributed by atoms with E-state index in [1.807, 2.05) is 12.1 Å². The first-order chi connectivity index (χ1) is 13.5. The third kappa shape index (κ3) is 3.46. The highest BCUT2D eigenvalue weighted by molar-refractivity contribution is 7.99. The molecule has 5 nitrogen and oxygen atoms in total. The molecule has 2 amide bonds. The van der Waals surface area contributed by atoms with Crippen LogP contribution in [0, 0.1) is 11.6 Å². The Hall–Kier alpha value is -3.26. The lowest BCUT2D eigenvalue weighted by molar-refractivity contribution is -0.114. The van der Waals surface area contributed by atoms with Crippen molar-refractivity contribution in [2.24, 2.45) is 0 Å². The van der Waals surface area contributed by atoms with E-state index in [0.29, 0.717) is 16.3 Å². The molecule has 3 aromatic rings. The minimum Gasteiger partial charge on any atom is -0.324 e. The number of benzene rings is 2. The SMILES string of the molecule is O=C(CN1C(=O)c2cccnc2Sc2ccccc21)Nc1ccc(F)c(F)c1. The van der Waals surface area contributed by atoms with Gasteiger partial charge in [-0.1, -0.05) is 23.9 Å². The molecule has 0 aliphatic carbocycles. The minimum absolute atomic E-state index is 0.107. The van der Waals surface area contributed by atoms with Gasteiger partial charge in [0.05, 0.1) is 11.3 Å². The van der Waals surface area contributed by atoms with E-state index in [1.54, 1.807) is 30.5 Å². The number of carbonyl (C=O) groups is 2. The van der Waals surface area contributed by atoms with Crippen LogP contribution >= 0.6 is 11.8 Å². The first kappa shape index (κ1) is 18.1. The lowest BCUT2D eigenvalue weighted by Gasteiger charge is -2.22. The Kier molecular flexibility index (Phi) is 4.79. The Morgan fingerprint density at radius 2 is 1.89 bits per heavy atom.